The van der Waals surface area contributed by atoms with E-state index in [4.69, 9.17) is 11.6 Å². The molecule has 0 aliphatic carbocycles. The molecule has 3 aromatic carbocycles. The Morgan fingerprint density at radius 3 is 2.42 bits per heavy atom. The highest BCUT2D eigenvalue weighted by atomic mass is 35.5. The van der Waals surface area contributed by atoms with Gasteiger partial charge in [0.2, 0.25) is 0 Å². The maximum atomic E-state index is 12.6. The van der Waals surface area contributed by atoms with E-state index in [2.05, 4.69) is 10.2 Å². The quantitative estimate of drug-likeness (QED) is 0.302. The average Bonchev–Trinajstić information content (AvgIpc) is 3.15. The highest BCUT2D eigenvalue weighted by molar-refractivity contribution is 7.99. The number of thioether (sulfide) groups is 1. The summed E-state index contributed by atoms with van der Waals surface area (Å²) in [6.45, 7) is 0.535. The molecule has 31 heavy (non-hydrogen) atoms. The minimum Gasteiger partial charge on any atom is -0.508 e. The van der Waals surface area contributed by atoms with Crippen molar-refractivity contribution in [1.29, 1.82) is 0 Å². The summed E-state index contributed by atoms with van der Waals surface area (Å²) in [6.07, 6.45) is 0. The summed E-state index contributed by atoms with van der Waals surface area (Å²) in [6, 6.07) is 21.2. The van der Waals surface area contributed by atoms with E-state index < -0.39 is 0 Å². The molecule has 4 rings (SSSR count). The Bertz CT molecular complexity index is 1210. The molecule has 1 heterocycles. The topological polar surface area (TPSA) is 88.2 Å². The zero-order valence-corrected chi connectivity index (χ0v) is 17.8. The zero-order valence-electron chi connectivity index (χ0n) is 16.3. The first-order valence-corrected chi connectivity index (χ1v) is 10.8. The predicted octanol–water partition coefficient (Wildman–Crippen LogP) is 5.03. The number of nitrogens with zero attached hydrogens (tertiary/aromatic N) is 3. The minimum absolute atomic E-state index is 0.0614. The van der Waals surface area contributed by atoms with Gasteiger partial charge in [-0.3, -0.25) is 9.36 Å². The van der Waals surface area contributed by atoms with E-state index in [0.717, 1.165) is 17.2 Å². The number of carbonyl (C=O) groups is 1. The molecular formula is C23H18ClN3O3S. The van der Waals surface area contributed by atoms with Crippen LogP contribution in [0, 0.1) is 0 Å². The van der Waals surface area contributed by atoms with Gasteiger partial charge in [-0.25, -0.2) is 0 Å². The lowest BCUT2D eigenvalue weighted by Gasteiger charge is -2.11. The van der Waals surface area contributed by atoms with Crippen LogP contribution in [0.3, 0.4) is 0 Å². The van der Waals surface area contributed by atoms with Crippen molar-refractivity contribution in [3.63, 3.8) is 0 Å². The Morgan fingerprint density at radius 2 is 1.71 bits per heavy atom. The number of hydrogen-bond acceptors (Lipinski definition) is 6. The lowest BCUT2D eigenvalue weighted by Crippen LogP contribution is -2.07. The summed E-state index contributed by atoms with van der Waals surface area (Å²) >= 11 is 7.26. The van der Waals surface area contributed by atoms with Crippen LogP contribution in [0.15, 0.2) is 78.0 Å². The van der Waals surface area contributed by atoms with Crippen LogP contribution in [0.2, 0.25) is 5.02 Å². The lowest BCUT2D eigenvalue weighted by molar-refractivity contribution is 0.102. The van der Waals surface area contributed by atoms with Crippen molar-refractivity contribution in [2.24, 2.45) is 0 Å². The van der Waals surface area contributed by atoms with E-state index in [1.54, 1.807) is 12.1 Å². The first kappa shape index (κ1) is 21.0. The molecule has 0 saturated carbocycles. The number of benzene rings is 3. The van der Waals surface area contributed by atoms with Crippen LogP contribution in [0.1, 0.15) is 15.9 Å². The molecule has 156 valence electrons. The molecule has 0 bridgehead atoms. The van der Waals surface area contributed by atoms with Crippen LogP contribution in [0.25, 0.3) is 11.4 Å². The smallest absolute Gasteiger partial charge is 0.192 e. The molecule has 1 aromatic heterocycles. The van der Waals surface area contributed by atoms with Gasteiger partial charge in [0.05, 0.1) is 17.9 Å². The first-order valence-electron chi connectivity index (χ1n) is 9.42. The fraction of sp³-hybridized carbons (Fsp3) is 0.0870. The van der Waals surface area contributed by atoms with Crippen molar-refractivity contribution in [2.75, 3.05) is 5.75 Å². The number of carbonyl (C=O) groups excluding carboxylic acids is 1. The van der Waals surface area contributed by atoms with E-state index in [1.807, 2.05) is 47.0 Å². The van der Waals surface area contributed by atoms with Crippen LogP contribution in [-0.4, -0.2) is 36.5 Å². The molecular weight excluding hydrogens is 434 g/mol. The third-order valence-corrected chi connectivity index (χ3v) is 5.84. The Hall–Kier alpha value is -3.29. The van der Waals surface area contributed by atoms with E-state index in [9.17, 15) is 15.0 Å². The number of aromatic nitrogens is 3. The molecule has 0 aliphatic rings. The van der Waals surface area contributed by atoms with Crippen molar-refractivity contribution < 1.29 is 15.0 Å². The summed E-state index contributed by atoms with van der Waals surface area (Å²) < 4.78 is 1.95. The molecule has 0 spiro atoms. The summed E-state index contributed by atoms with van der Waals surface area (Å²) in [7, 11) is 0. The van der Waals surface area contributed by atoms with Crippen molar-refractivity contribution in [1.82, 2.24) is 14.8 Å². The standard InChI is InChI=1S/C23H18ClN3O3S/c24-17-8-6-16(7-9-17)22-25-26-23(27(22)13-15-4-2-1-3-5-15)31-14-21(30)19-11-10-18(28)12-20(19)29/h1-12,28-29H,13-14H2. The second-order valence-electron chi connectivity index (χ2n) is 6.80. The monoisotopic (exact) mass is 451 g/mol. The Kier molecular flexibility index (Phi) is 6.25. The van der Waals surface area contributed by atoms with Crippen LogP contribution in [0.4, 0.5) is 0 Å². The van der Waals surface area contributed by atoms with Crippen LogP contribution >= 0.6 is 23.4 Å². The van der Waals surface area contributed by atoms with Crippen LogP contribution < -0.4 is 0 Å². The summed E-state index contributed by atoms with van der Waals surface area (Å²) in [5.41, 5.74) is 2.08. The van der Waals surface area contributed by atoms with Gasteiger partial charge in [0.15, 0.2) is 16.8 Å². The molecule has 0 atom stereocenters. The number of phenolic OH excluding ortho intramolecular Hbond substituents is 2. The number of hydrogen-bond donors (Lipinski definition) is 2. The largest absolute Gasteiger partial charge is 0.508 e. The van der Waals surface area contributed by atoms with Gasteiger partial charge in [-0.15, -0.1) is 10.2 Å². The molecule has 2 N–H and O–H groups in total. The van der Waals surface area contributed by atoms with Crippen LogP contribution in [-0.2, 0) is 6.54 Å². The minimum atomic E-state index is -0.273. The third-order valence-electron chi connectivity index (χ3n) is 4.62. The van der Waals surface area contributed by atoms with Crippen molar-refractivity contribution in [2.45, 2.75) is 11.7 Å². The summed E-state index contributed by atoms with van der Waals surface area (Å²) in [5, 5.41) is 29.2. The zero-order chi connectivity index (χ0) is 21.8. The molecule has 0 aliphatic heterocycles. The summed E-state index contributed by atoms with van der Waals surface area (Å²) in [4.78, 5) is 12.6. The number of aromatic hydroxyl groups is 2. The van der Waals surface area contributed by atoms with Crippen molar-refractivity contribution in [3.05, 3.63) is 88.9 Å². The van der Waals surface area contributed by atoms with Gasteiger partial charge in [0, 0.05) is 16.7 Å². The Balaban J connectivity index is 1.62. The first-order chi connectivity index (χ1) is 15.0. The van der Waals surface area contributed by atoms with Gasteiger partial charge in [-0.2, -0.15) is 0 Å². The van der Waals surface area contributed by atoms with Gasteiger partial charge in [0.25, 0.3) is 0 Å². The van der Waals surface area contributed by atoms with E-state index in [1.165, 1.54) is 23.9 Å². The second-order valence-corrected chi connectivity index (χ2v) is 8.18. The van der Waals surface area contributed by atoms with Crippen LogP contribution in [0.5, 0.6) is 11.5 Å². The molecule has 0 unspecified atom stereocenters. The number of ketones is 1. The molecule has 0 radical (unpaired) electrons. The molecule has 0 fully saturated rings. The maximum absolute atomic E-state index is 12.6. The number of Topliss-reactive ketones (excluding diaryl/α,β-unsaturated/α-hetero) is 1. The maximum Gasteiger partial charge on any atom is 0.192 e. The number of rotatable bonds is 7. The average molecular weight is 452 g/mol. The van der Waals surface area contributed by atoms with Gasteiger partial charge >= 0.3 is 0 Å². The van der Waals surface area contributed by atoms with Gasteiger partial charge in [0.1, 0.15) is 11.5 Å². The highest BCUT2D eigenvalue weighted by Crippen LogP contribution is 2.28. The van der Waals surface area contributed by atoms with Crippen molar-refractivity contribution >= 4 is 29.1 Å². The normalized spacial score (nSPS) is 10.9. The number of phenols is 2. The van der Waals surface area contributed by atoms with E-state index in [0.29, 0.717) is 22.5 Å². The van der Waals surface area contributed by atoms with Crippen molar-refractivity contribution in [3.8, 4) is 22.9 Å². The molecule has 0 amide bonds. The predicted molar refractivity (Wildman–Crippen MR) is 121 cm³/mol. The van der Waals surface area contributed by atoms with Gasteiger partial charge in [-0.1, -0.05) is 53.7 Å². The molecule has 0 saturated heterocycles. The van der Waals surface area contributed by atoms with Gasteiger partial charge in [-0.05, 0) is 42.0 Å². The molecule has 8 heteroatoms. The fourth-order valence-corrected chi connectivity index (χ4v) is 4.03. The second kappa shape index (κ2) is 9.24. The highest BCUT2D eigenvalue weighted by Gasteiger charge is 2.18. The summed E-state index contributed by atoms with van der Waals surface area (Å²) in [5.74, 6) is 0.106. The molecule has 4 aromatic rings. The van der Waals surface area contributed by atoms with Gasteiger partial charge < -0.3 is 10.2 Å². The SMILES string of the molecule is O=C(CSc1nnc(-c2ccc(Cl)cc2)n1Cc1ccccc1)c1ccc(O)cc1O. The van der Waals surface area contributed by atoms with E-state index >= 15 is 0 Å². The third kappa shape index (κ3) is 4.90. The molecule has 6 nitrogen and oxygen atoms in total. The Morgan fingerprint density at radius 1 is 0.968 bits per heavy atom. The number of halogens is 1. The Labute approximate surface area is 188 Å². The van der Waals surface area contributed by atoms with E-state index in [-0.39, 0.29) is 28.6 Å². The lowest BCUT2D eigenvalue weighted by atomic mass is 10.1. The fourth-order valence-electron chi connectivity index (χ4n) is 3.08.